The molecule has 1 aliphatic rings. The Morgan fingerprint density at radius 2 is 1.96 bits per heavy atom. The molecule has 0 unspecified atom stereocenters. The van der Waals surface area contributed by atoms with Crippen molar-refractivity contribution in [2.75, 3.05) is 13.1 Å². The summed E-state index contributed by atoms with van der Waals surface area (Å²) in [5.74, 6) is 0.532. The Morgan fingerprint density at radius 1 is 1.19 bits per heavy atom. The number of carbonyl (C=O) groups excluding carboxylic acids is 1. The van der Waals surface area contributed by atoms with Crippen molar-refractivity contribution in [3.63, 3.8) is 0 Å². The molecule has 0 spiro atoms. The number of carbonyl (C=O) groups is 1. The van der Waals surface area contributed by atoms with Gasteiger partial charge in [-0.15, -0.1) is 10.2 Å². The number of fused-ring (bicyclic) bond motifs is 1. The monoisotopic (exact) mass is 351 g/mol. The number of hydrogen-bond donors (Lipinski definition) is 1. The van der Waals surface area contributed by atoms with E-state index in [1.807, 2.05) is 37.5 Å². The molecular weight excluding hydrogens is 330 g/mol. The van der Waals surface area contributed by atoms with Crippen molar-refractivity contribution in [1.29, 1.82) is 0 Å². The first kappa shape index (κ1) is 16.6. The molecular formula is C18H21N7O. The van der Waals surface area contributed by atoms with Crippen LogP contribution in [0.1, 0.15) is 34.7 Å². The zero-order chi connectivity index (χ0) is 17.9. The van der Waals surface area contributed by atoms with Crippen LogP contribution in [0.25, 0.3) is 5.78 Å². The van der Waals surface area contributed by atoms with Crippen LogP contribution in [-0.4, -0.2) is 54.5 Å². The molecule has 1 saturated heterocycles. The van der Waals surface area contributed by atoms with Crippen LogP contribution in [0.5, 0.6) is 0 Å². The number of rotatable bonds is 4. The molecule has 1 N–H and O–H groups in total. The van der Waals surface area contributed by atoms with Gasteiger partial charge >= 0.3 is 0 Å². The first-order valence-electron chi connectivity index (χ1n) is 8.79. The average Bonchev–Trinajstić information content (AvgIpc) is 3.07. The van der Waals surface area contributed by atoms with E-state index in [9.17, 15) is 4.79 Å². The second-order valence-electron chi connectivity index (χ2n) is 6.64. The van der Waals surface area contributed by atoms with E-state index in [2.05, 4.69) is 30.4 Å². The van der Waals surface area contributed by atoms with Crippen molar-refractivity contribution in [1.82, 2.24) is 34.8 Å². The third-order valence-corrected chi connectivity index (χ3v) is 4.70. The highest BCUT2D eigenvalue weighted by Gasteiger charge is 2.23. The Bertz CT molecular complexity index is 900. The van der Waals surface area contributed by atoms with Crippen LogP contribution in [0, 0.1) is 6.92 Å². The van der Waals surface area contributed by atoms with E-state index in [1.54, 1.807) is 10.6 Å². The number of piperidine rings is 1. The third-order valence-electron chi connectivity index (χ3n) is 4.70. The van der Waals surface area contributed by atoms with Gasteiger partial charge in [-0.25, -0.2) is 4.98 Å². The Morgan fingerprint density at radius 3 is 2.73 bits per heavy atom. The van der Waals surface area contributed by atoms with Crippen LogP contribution >= 0.6 is 0 Å². The molecule has 3 aromatic rings. The van der Waals surface area contributed by atoms with Crippen molar-refractivity contribution >= 4 is 11.7 Å². The highest BCUT2D eigenvalue weighted by atomic mass is 16.2. The Kier molecular flexibility index (Phi) is 4.57. The summed E-state index contributed by atoms with van der Waals surface area (Å²) in [5.41, 5.74) is 2.11. The van der Waals surface area contributed by atoms with Gasteiger partial charge in [0.05, 0.1) is 0 Å². The second-order valence-corrected chi connectivity index (χ2v) is 6.64. The molecule has 4 heterocycles. The number of nitrogens with zero attached hydrogens (tertiary/aromatic N) is 6. The highest BCUT2D eigenvalue weighted by Crippen LogP contribution is 2.14. The standard InChI is InChI=1S/C18H21N7O/c1-13-4-11-25-16(22-23-18(25)20-13)17(26)21-15-5-9-24(10-6-15)12-14-2-7-19-8-3-14/h2-4,7-8,11,15H,5-6,9-10,12H2,1H3,(H,21,26). The molecule has 1 aliphatic heterocycles. The Hall–Kier alpha value is -2.87. The summed E-state index contributed by atoms with van der Waals surface area (Å²) >= 11 is 0. The summed E-state index contributed by atoms with van der Waals surface area (Å²) in [6, 6.07) is 6.08. The quantitative estimate of drug-likeness (QED) is 0.760. The van der Waals surface area contributed by atoms with E-state index in [4.69, 9.17) is 0 Å². The van der Waals surface area contributed by atoms with Crippen LogP contribution in [0.4, 0.5) is 0 Å². The van der Waals surface area contributed by atoms with Gasteiger partial charge in [-0.05, 0) is 43.5 Å². The molecule has 0 atom stereocenters. The minimum atomic E-state index is -0.198. The molecule has 0 saturated carbocycles. The summed E-state index contributed by atoms with van der Waals surface area (Å²) in [7, 11) is 0. The number of amides is 1. The van der Waals surface area contributed by atoms with Crippen molar-refractivity contribution in [2.45, 2.75) is 32.4 Å². The molecule has 0 bridgehead atoms. The molecule has 1 fully saturated rings. The normalized spacial score (nSPS) is 16.0. The van der Waals surface area contributed by atoms with Gasteiger partial charge in [0.15, 0.2) is 0 Å². The second kappa shape index (κ2) is 7.17. The SMILES string of the molecule is Cc1ccn2c(C(=O)NC3CCN(Cc4ccncc4)CC3)nnc2n1. The summed E-state index contributed by atoms with van der Waals surface area (Å²) in [6.07, 6.45) is 7.27. The lowest BCUT2D eigenvalue weighted by Crippen LogP contribution is -2.44. The highest BCUT2D eigenvalue weighted by molar-refractivity contribution is 5.91. The molecule has 4 rings (SSSR count). The molecule has 0 radical (unpaired) electrons. The summed E-state index contributed by atoms with van der Waals surface area (Å²) in [5, 5.41) is 11.1. The zero-order valence-corrected chi connectivity index (χ0v) is 14.7. The van der Waals surface area contributed by atoms with Gasteiger partial charge in [-0.1, -0.05) is 0 Å². The number of aromatic nitrogens is 5. The number of likely N-dealkylation sites (tertiary alicyclic amines) is 1. The predicted molar refractivity (Wildman–Crippen MR) is 95.5 cm³/mol. The minimum absolute atomic E-state index is 0.155. The van der Waals surface area contributed by atoms with E-state index < -0.39 is 0 Å². The van der Waals surface area contributed by atoms with Crippen LogP contribution in [0.2, 0.25) is 0 Å². The predicted octanol–water partition coefficient (Wildman–Crippen LogP) is 1.22. The van der Waals surface area contributed by atoms with E-state index >= 15 is 0 Å². The van der Waals surface area contributed by atoms with Gasteiger partial charge < -0.3 is 5.32 Å². The molecule has 8 heteroatoms. The lowest BCUT2D eigenvalue weighted by atomic mass is 10.0. The number of nitrogens with one attached hydrogen (secondary N) is 1. The van der Waals surface area contributed by atoms with Gasteiger partial charge in [0.25, 0.3) is 11.7 Å². The first-order chi connectivity index (χ1) is 12.7. The maximum atomic E-state index is 12.6. The number of hydrogen-bond acceptors (Lipinski definition) is 6. The molecule has 3 aromatic heterocycles. The van der Waals surface area contributed by atoms with Crippen molar-refractivity contribution < 1.29 is 4.79 Å². The van der Waals surface area contributed by atoms with E-state index in [-0.39, 0.29) is 17.8 Å². The largest absolute Gasteiger partial charge is 0.346 e. The Balaban J connectivity index is 1.34. The van der Waals surface area contributed by atoms with Crippen molar-refractivity contribution in [3.05, 3.63) is 53.9 Å². The summed E-state index contributed by atoms with van der Waals surface area (Å²) < 4.78 is 1.63. The summed E-state index contributed by atoms with van der Waals surface area (Å²) in [4.78, 5) is 23.3. The molecule has 134 valence electrons. The molecule has 26 heavy (non-hydrogen) atoms. The van der Waals surface area contributed by atoms with Crippen molar-refractivity contribution in [3.8, 4) is 0 Å². The zero-order valence-electron chi connectivity index (χ0n) is 14.7. The Labute approximate surface area is 151 Å². The average molecular weight is 351 g/mol. The minimum Gasteiger partial charge on any atom is -0.346 e. The maximum absolute atomic E-state index is 12.6. The van der Waals surface area contributed by atoms with Crippen LogP contribution in [0.15, 0.2) is 36.8 Å². The fraction of sp³-hybridized carbons (Fsp3) is 0.389. The number of aryl methyl sites for hydroxylation is 1. The first-order valence-corrected chi connectivity index (χ1v) is 8.79. The lowest BCUT2D eigenvalue weighted by Gasteiger charge is -2.32. The molecule has 1 amide bonds. The van der Waals surface area contributed by atoms with Crippen LogP contribution < -0.4 is 5.32 Å². The fourth-order valence-electron chi connectivity index (χ4n) is 3.26. The van der Waals surface area contributed by atoms with Crippen LogP contribution in [0.3, 0.4) is 0 Å². The van der Waals surface area contributed by atoms with Gasteiger partial charge in [0, 0.05) is 50.0 Å². The van der Waals surface area contributed by atoms with E-state index in [0.717, 1.165) is 38.2 Å². The lowest BCUT2D eigenvalue weighted by molar-refractivity contribution is 0.0897. The topological polar surface area (TPSA) is 88.3 Å². The van der Waals surface area contributed by atoms with E-state index in [0.29, 0.717) is 5.78 Å². The van der Waals surface area contributed by atoms with Gasteiger partial charge in [-0.3, -0.25) is 19.1 Å². The molecule has 0 aliphatic carbocycles. The van der Waals surface area contributed by atoms with Gasteiger partial charge in [0.2, 0.25) is 5.82 Å². The smallest absolute Gasteiger partial charge is 0.289 e. The van der Waals surface area contributed by atoms with Crippen molar-refractivity contribution in [2.24, 2.45) is 0 Å². The van der Waals surface area contributed by atoms with Gasteiger partial charge in [-0.2, -0.15) is 0 Å². The summed E-state index contributed by atoms with van der Waals surface area (Å²) in [6.45, 7) is 4.71. The molecule has 8 nitrogen and oxygen atoms in total. The van der Waals surface area contributed by atoms with E-state index in [1.165, 1.54) is 5.56 Å². The van der Waals surface area contributed by atoms with Gasteiger partial charge in [0.1, 0.15) is 0 Å². The third kappa shape index (κ3) is 3.55. The maximum Gasteiger partial charge on any atom is 0.289 e. The fourth-order valence-corrected chi connectivity index (χ4v) is 3.26. The number of pyridine rings is 1. The van der Waals surface area contributed by atoms with Crippen LogP contribution in [-0.2, 0) is 6.54 Å². The molecule has 0 aromatic carbocycles.